The summed E-state index contributed by atoms with van der Waals surface area (Å²) >= 11 is 0. The summed E-state index contributed by atoms with van der Waals surface area (Å²) in [7, 11) is 1.32. The molecule has 1 aromatic heterocycles. The summed E-state index contributed by atoms with van der Waals surface area (Å²) in [4.78, 5) is 19.5. The standard InChI is InChI=1S/C19H18N2O4/c1-25-19(24)17(21-10-12-6-7-14(22)9-18(12)23)8-13-11-20-16-5-3-2-4-15(13)16/h2-7,9-11,17,20,22-23H,8H2,1H3. The van der Waals surface area contributed by atoms with Gasteiger partial charge in [-0.05, 0) is 23.8 Å². The van der Waals surface area contributed by atoms with E-state index in [1.807, 2.05) is 30.5 Å². The molecular formula is C19H18N2O4. The Bertz CT molecular complexity index is 930. The highest BCUT2D eigenvalue weighted by molar-refractivity contribution is 5.88. The van der Waals surface area contributed by atoms with Gasteiger partial charge in [0.25, 0.3) is 0 Å². The van der Waals surface area contributed by atoms with Crippen LogP contribution in [0, 0.1) is 0 Å². The number of phenolic OH excluding ortho intramolecular Hbond substituents is 2. The van der Waals surface area contributed by atoms with Crippen molar-refractivity contribution in [2.75, 3.05) is 7.11 Å². The van der Waals surface area contributed by atoms with Gasteiger partial charge in [-0.15, -0.1) is 0 Å². The van der Waals surface area contributed by atoms with Crippen LogP contribution in [0.3, 0.4) is 0 Å². The molecule has 0 aliphatic rings. The van der Waals surface area contributed by atoms with Crippen molar-refractivity contribution in [2.45, 2.75) is 12.5 Å². The van der Waals surface area contributed by atoms with Gasteiger partial charge in [0.05, 0.1) is 7.11 Å². The van der Waals surface area contributed by atoms with Crippen molar-refractivity contribution in [2.24, 2.45) is 4.99 Å². The first-order chi connectivity index (χ1) is 12.1. The van der Waals surface area contributed by atoms with E-state index in [1.165, 1.54) is 31.5 Å². The monoisotopic (exact) mass is 338 g/mol. The molecule has 3 N–H and O–H groups in total. The maximum atomic E-state index is 12.1. The second-order valence-electron chi connectivity index (χ2n) is 5.62. The molecule has 0 radical (unpaired) electrons. The fourth-order valence-corrected chi connectivity index (χ4v) is 2.65. The molecule has 1 unspecified atom stereocenters. The molecule has 3 aromatic rings. The topological polar surface area (TPSA) is 94.9 Å². The Morgan fingerprint density at radius 1 is 1.28 bits per heavy atom. The molecule has 6 heteroatoms. The third-order valence-corrected chi connectivity index (χ3v) is 3.97. The van der Waals surface area contributed by atoms with Gasteiger partial charge in [-0.2, -0.15) is 0 Å². The van der Waals surface area contributed by atoms with Crippen LogP contribution < -0.4 is 0 Å². The fraction of sp³-hybridized carbons (Fsp3) is 0.158. The summed E-state index contributed by atoms with van der Waals surface area (Å²) in [5, 5.41) is 20.2. The van der Waals surface area contributed by atoms with Crippen LogP contribution in [0.1, 0.15) is 11.1 Å². The molecular weight excluding hydrogens is 320 g/mol. The summed E-state index contributed by atoms with van der Waals surface area (Å²) < 4.78 is 4.85. The number of carbonyl (C=O) groups is 1. The third-order valence-electron chi connectivity index (χ3n) is 3.97. The van der Waals surface area contributed by atoms with Crippen molar-refractivity contribution >= 4 is 23.1 Å². The molecule has 0 aliphatic carbocycles. The van der Waals surface area contributed by atoms with Crippen molar-refractivity contribution in [3.05, 3.63) is 59.8 Å². The smallest absolute Gasteiger partial charge is 0.330 e. The highest BCUT2D eigenvalue weighted by Gasteiger charge is 2.20. The molecule has 0 fully saturated rings. The number of nitrogens with zero attached hydrogens (tertiary/aromatic N) is 1. The largest absolute Gasteiger partial charge is 0.508 e. The van der Waals surface area contributed by atoms with Gasteiger partial charge < -0.3 is 19.9 Å². The predicted molar refractivity (Wildman–Crippen MR) is 95.2 cm³/mol. The van der Waals surface area contributed by atoms with E-state index < -0.39 is 12.0 Å². The zero-order valence-corrected chi connectivity index (χ0v) is 13.6. The minimum absolute atomic E-state index is 0.0436. The number of aromatic hydroxyl groups is 2. The number of rotatable bonds is 5. The first-order valence-corrected chi connectivity index (χ1v) is 7.76. The number of aliphatic imine (C=N–C) groups is 1. The molecule has 0 aliphatic heterocycles. The van der Waals surface area contributed by atoms with E-state index in [9.17, 15) is 15.0 Å². The molecule has 1 atom stereocenters. The summed E-state index contributed by atoms with van der Waals surface area (Å²) in [6.07, 6.45) is 3.63. The Morgan fingerprint density at radius 2 is 2.08 bits per heavy atom. The van der Waals surface area contributed by atoms with Gasteiger partial charge in [0, 0.05) is 41.4 Å². The molecule has 128 valence electrons. The number of hydrogen-bond acceptors (Lipinski definition) is 5. The van der Waals surface area contributed by atoms with E-state index in [2.05, 4.69) is 9.98 Å². The quantitative estimate of drug-likeness (QED) is 0.492. The Balaban J connectivity index is 1.87. The predicted octanol–water partition coefficient (Wildman–Crippen LogP) is 2.78. The number of esters is 1. The number of H-pyrrole nitrogens is 1. The lowest BCUT2D eigenvalue weighted by molar-refractivity contribution is -0.142. The minimum atomic E-state index is -0.739. The van der Waals surface area contributed by atoms with E-state index >= 15 is 0 Å². The van der Waals surface area contributed by atoms with E-state index in [0.717, 1.165) is 16.5 Å². The van der Waals surface area contributed by atoms with E-state index in [1.54, 1.807) is 0 Å². The number of ether oxygens (including phenoxy) is 1. The zero-order valence-electron chi connectivity index (χ0n) is 13.6. The van der Waals surface area contributed by atoms with Gasteiger partial charge in [-0.1, -0.05) is 18.2 Å². The molecule has 0 bridgehead atoms. The highest BCUT2D eigenvalue weighted by atomic mass is 16.5. The van der Waals surface area contributed by atoms with Crippen LogP contribution in [0.25, 0.3) is 10.9 Å². The van der Waals surface area contributed by atoms with Crippen LogP contribution in [0.4, 0.5) is 0 Å². The van der Waals surface area contributed by atoms with Crippen LogP contribution in [-0.2, 0) is 16.0 Å². The molecule has 0 saturated carbocycles. The lowest BCUT2D eigenvalue weighted by Gasteiger charge is -2.10. The molecule has 25 heavy (non-hydrogen) atoms. The van der Waals surface area contributed by atoms with Crippen molar-refractivity contribution in [3.63, 3.8) is 0 Å². The number of benzene rings is 2. The molecule has 1 heterocycles. The van der Waals surface area contributed by atoms with Crippen molar-refractivity contribution < 1.29 is 19.7 Å². The first kappa shape index (κ1) is 16.6. The molecule has 2 aromatic carbocycles. The number of phenols is 2. The highest BCUT2D eigenvalue weighted by Crippen LogP contribution is 2.22. The van der Waals surface area contributed by atoms with E-state index in [4.69, 9.17) is 4.74 Å². The molecule has 6 nitrogen and oxygen atoms in total. The van der Waals surface area contributed by atoms with Gasteiger partial charge in [0.1, 0.15) is 11.5 Å². The van der Waals surface area contributed by atoms with Gasteiger partial charge in [0.15, 0.2) is 6.04 Å². The fourth-order valence-electron chi connectivity index (χ4n) is 2.65. The summed E-state index contributed by atoms with van der Waals surface area (Å²) in [5.41, 5.74) is 2.35. The second kappa shape index (κ2) is 7.09. The van der Waals surface area contributed by atoms with Crippen molar-refractivity contribution in [1.82, 2.24) is 4.98 Å². The number of aromatic nitrogens is 1. The Kier molecular flexibility index (Phi) is 4.70. The first-order valence-electron chi connectivity index (χ1n) is 7.76. The SMILES string of the molecule is COC(=O)C(Cc1c[nH]c2ccccc12)N=Cc1ccc(O)cc1O. The van der Waals surface area contributed by atoms with Gasteiger partial charge >= 0.3 is 5.97 Å². The third kappa shape index (κ3) is 3.63. The van der Waals surface area contributed by atoms with Crippen LogP contribution in [0.5, 0.6) is 11.5 Å². The zero-order chi connectivity index (χ0) is 17.8. The Labute approximate surface area is 144 Å². The Hall–Kier alpha value is -3.28. The second-order valence-corrected chi connectivity index (χ2v) is 5.62. The normalized spacial score (nSPS) is 12.5. The summed E-state index contributed by atoms with van der Waals surface area (Å²) in [6.45, 7) is 0. The van der Waals surface area contributed by atoms with Crippen LogP contribution in [-0.4, -0.2) is 40.5 Å². The number of hydrogen-bond donors (Lipinski definition) is 3. The van der Waals surface area contributed by atoms with Crippen molar-refractivity contribution in [3.8, 4) is 11.5 Å². The number of nitrogens with one attached hydrogen (secondary N) is 1. The van der Waals surface area contributed by atoms with Gasteiger partial charge in [0.2, 0.25) is 0 Å². The lowest BCUT2D eigenvalue weighted by atomic mass is 10.1. The number of aromatic amines is 1. The summed E-state index contributed by atoms with van der Waals surface area (Å²) in [5.74, 6) is -0.614. The number of fused-ring (bicyclic) bond motifs is 1. The van der Waals surface area contributed by atoms with E-state index in [-0.39, 0.29) is 11.5 Å². The Morgan fingerprint density at radius 3 is 2.84 bits per heavy atom. The van der Waals surface area contributed by atoms with E-state index in [0.29, 0.717) is 12.0 Å². The number of para-hydroxylation sites is 1. The van der Waals surface area contributed by atoms with Crippen LogP contribution in [0.15, 0.2) is 53.7 Å². The average Bonchev–Trinajstić information content (AvgIpc) is 3.02. The number of methoxy groups -OCH3 is 1. The molecule has 0 amide bonds. The maximum absolute atomic E-state index is 12.1. The number of carbonyl (C=O) groups excluding carboxylic acids is 1. The van der Waals surface area contributed by atoms with Gasteiger partial charge in [-0.3, -0.25) is 4.99 Å². The molecule has 3 rings (SSSR count). The minimum Gasteiger partial charge on any atom is -0.508 e. The van der Waals surface area contributed by atoms with Crippen LogP contribution in [0.2, 0.25) is 0 Å². The average molecular weight is 338 g/mol. The lowest BCUT2D eigenvalue weighted by Crippen LogP contribution is -2.23. The molecule has 0 spiro atoms. The molecule has 0 saturated heterocycles. The van der Waals surface area contributed by atoms with Gasteiger partial charge in [-0.25, -0.2) is 4.79 Å². The maximum Gasteiger partial charge on any atom is 0.330 e. The van der Waals surface area contributed by atoms with Crippen LogP contribution >= 0.6 is 0 Å². The van der Waals surface area contributed by atoms with Crippen molar-refractivity contribution in [1.29, 1.82) is 0 Å². The summed E-state index contributed by atoms with van der Waals surface area (Å²) in [6, 6.07) is 11.2.